The van der Waals surface area contributed by atoms with Crippen LogP contribution in [0.5, 0.6) is 0 Å². The number of ether oxygens (including phenoxy) is 1. The maximum absolute atomic E-state index is 12.0. The van der Waals surface area contributed by atoms with Crippen LogP contribution in [0.25, 0.3) is 0 Å². The normalized spacial score (nSPS) is 10.0. The molecule has 6 nitrogen and oxygen atoms in total. The van der Waals surface area contributed by atoms with Crippen LogP contribution in [0.15, 0.2) is 41.2 Å². The van der Waals surface area contributed by atoms with E-state index in [4.69, 9.17) is 10.00 Å². The number of rotatable bonds is 5. The second-order valence-electron chi connectivity index (χ2n) is 4.66. The summed E-state index contributed by atoms with van der Waals surface area (Å²) in [4.78, 5) is 23.5. The summed E-state index contributed by atoms with van der Waals surface area (Å²) in [6.07, 6.45) is 0.747. The molecule has 0 amide bonds. The van der Waals surface area contributed by atoms with Gasteiger partial charge in [0.05, 0.1) is 11.6 Å². The summed E-state index contributed by atoms with van der Waals surface area (Å²) in [5.41, 5.74) is 1.17. The first-order chi connectivity index (χ1) is 10.6. The summed E-state index contributed by atoms with van der Waals surface area (Å²) in [6.45, 7) is 2.46. The quantitative estimate of drug-likeness (QED) is 0.787. The van der Waals surface area contributed by atoms with Gasteiger partial charge in [-0.05, 0) is 30.2 Å². The Bertz CT molecular complexity index is 757. The molecule has 1 heterocycles. The molecule has 0 aliphatic rings. The van der Waals surface area contributed by atoms with Gasteiger partial charge in [0.2, 0.25) is 0 Å². The van der Waals surface area contributed by atoms with Gasteiger partial charge in [-0.25, -0.2) is 9.48 Å². The van der Waals surface area contributed by atoms with Gasteiger partial charge in [-0.2, -0.15) is 10.4 Å². The molecule has 2 rings (SSSR count). The fourth-order valence-electron chi connectivity index (χ4n) is 1.83. The van der Waals surface area contributed by atoms with Crippen LogP contribution >= 0.6 is 0 Å². The largest absolute Gasteiger partial charge is 0.456 e. The molecule has 1 aromatic heterocycles. The van der Waals surface area contributed by atoms with Gasteiger partial charge < -0.3 is 4.74 Å². The minimum absolute atomic E-state index is 0.0825. The van der Waals surface area contributed by atoms with Crippen molar-refractivity contribution in [1.29, 1.82) is 5.26 Å². The van der Waals surface area contributed by atoms with Gasteiger partial charge in [-0.15, -0.1) is 0 Å². The van der Waals surface area contributed by atoms with Gasteiger partial charge in [0.25, 0.3) is 5.56 Å². The van der Waals surface area contributed by atoms with Gasteiger partial charge in [0.15, 0.2) is 5.69 Å². The van der Waals surface area contributed by atoms with Crippen LogP contribution in [0.3, 0.4) is 0 Å². The van der Waals surface area contributed by atoms with Crippen molar-refractivity contribution < 1.29 is 9.53 Å². The molecule has 0 atom stereocenters. The topological polar surface area (TPSA) is 85.0 Å². The molecule has 0 N–H and O–H groups in total. The predicted molar refractivity (Wildman–Crippen MR) is 79.1 cm³/mol. The highest BCUT2D eigenvalue weighted by atomic mass is 16.5. The van der Waals surface area contributed by atoms with Gasteiger partial charge in [-0.3, -0.25) is 4.79 Å². The Hall–Kier alpha value is -2.94. The maximum atomic E-state index is 12.0. The van der Waals surface area contributed by atoms with Crippen molar-refractivity contribution in [1.82, 2.24) is 9.78 Å². The third-order valence-electron chi connectivity index (χ3n) is 2.96. The molecule has 0 fully saturated rings. The van der Waals surface area contributed by atoms with Crippen molar-refractivity contribution >= 4 is 5.97 Å². The van der Waals surface area contributed by atoms with E-state index in [2.05, 4.69) is 5.10 Å². The number of carbonyl (C=O) groups is 1. The Labute approximate surface area is 127 Å². The first-order valence-electron chi connectivity index (χ1n) is 6.88. The number of benzene rings is 1. The number of aromatic nitrogens is 2. The molecule has 0 aliphatic carbocycles. The van der Waals surface area contributed by atoms with Gasteiger partial charge >= 0.3 is 5.97 Å². The van der Waals surface area contributed by atoms with E-state index in [1.54, 1.807) is 24.3 Å². The van der Waals surface area contributed by atoms with Crippen LogP contribution in [0, 0.1) is 11.3 Å². The van der Waals surface area contributed by atoms with Crippen LogP contribution in [0.4, 0.5) is 0 Å². The van der Waals surface area contributed by atoms with Crippen LogP contribution in [-0.4, -0.2) is 15.7 Å². The lowest BCUT2D eigenvalue weighted by atomic mass is 10.2. The van der Waals surface area contributed by atoms with Crippen LogP contribution in [0.2, 0.25) is 0 Å². The average Bonchev–Trinajstić information content (AvgIpc) is 2.55. The lowest BCUT2D eigenvalue weighted by molar-refractivity contribution is 0.0462. The lowest BCUT2D eigenvalue weighted by Gasteiger charge is -2.06. The number of nitrogens with zero attached hydrogens (tertiary/aromatic N) is 3. The zero-order valence-corrected chi connectivity index (χ0v) is 12.2. The summed E-state index contributed by atoms with van der Waals surface area (Å²) in [5, 5.41) is 12.7. The Balaban J connectivity index is 2.04. The van der Waals surface area contributed by atoms with Gasteiger partial charge in [0.1, 0.15) is 6.61 Å². The van der Waals surface area contributed by atoms with Crippen LogP contribution in [0.1, 0.15) is 35.0 Å². The fraction of sp³-hybridized carbons (Fsp3) is 0.250. The highest BCUT2D eigenvalue weighted by molar-refractivity contribution is 5.86. The van der Waals surface area contributed by atoms with Crippen LogP contribution < -0.4 is 5.56 Å². The number of carbonyl (C=O) groups excluding carboxylic acids is 1. The van der Waals surface area contributed by atoms with E-state index in [1.165, 1.54) is 16.8 Å². The molecule has 22 heavy (non-hydrogen) atoms. The average molecular weight is 297 g/mol. The molecular weight excluding hydrogens is 282 g/mol. The number of hydrogen-bond donors (Lipinski definition) is 0. The van der Waals surface area contributed by atoms with E-state index in [-0.39, 0.29) is 17.9 Å². The summed E-state index contributed by atoms with van der Waals surface area (Å²) in [7, 11) is 0. The summed E-state index contributed by atoms with van der Waals surface area (Å²) < 4.78 is 6.41. The molecule has 0 unspecified atom stereocenters. The molecule has 0 aliphatic heterocycles. The van der Waals surface area contributed by atoms with Crippen molar-refractivity contribution in [3.63, 3.8) is 0 Å². The second kappa shape index (κ2) is 7.18. The second-order valence-corrected chi connectivity index (χ2v) is 4.66. The molecule has 2 aromatic rings. The molecule has 0 saturated carbocycles. The first-order valence-corrected chi connectivity index (χ1v) is 6.88. The highest BCUT2D eigenvalue weighted by Crippen LogP contribution is 2.06. The standard InChI is InChI=1S/C16H15N3O3/c1-2-9-19-15(20)8-7-14(18-19)16(21)22-11-13-5-3-12(10-17)4-6-13/h3-8H,2,9,11H2,1H3. The third kappa shape index (κ3) is 3.79. The Morgan fingerprint density at radius 2 is 2.00 bits per heavy atom. The molecule has 1 aromatic carbocycles. The van der Waals surface area contributed by atoms with Crippen molar-refractivity contribution in [2.45, 2.75) is 26.5 Å². The molecule has 0 spiro atoms. The van der Waals surface area contributed by atoms with Crippen molar-refractivity contribution in [3.8, 4) is 6.07 Å². The van der Waals surface area contributed by atoms with Gasteiger partial charge in [0, 0.05) is 12.6 Å². The molecule has 6 heteroatoms. The lowest BCUT2D eigenvalue weighted by Crippen LogP contribution is -2.24. The zero-order valence-electron chi connectivity index (χ0n) is 12.2. The van der Waals surface area contributed by atoms with E-state index in [0.29, 0.717) is 12.1 Å². The van der Waals surface area contributed by atoms with Crippen molar-refractivity contribution in [3.05, 3.63) is 63.6 Å². The molecule has 0 bridgehead atoms. The Morgan fingerprint density at radius 3 is 2.64 bits per heavy atom. The maximum Gasteiger partial charge on any atom is 0.359 e. The Morgan fingerprint density at radius 1 is 1.27 bits per heavy atom. The van der Waals surface area contributed by atoms with Crippen molar-refractivity contribution in [2.75, 3.05) is 0 Å². The summed E-state index contributed by atoms with van der Waals surface area (Å²) in [5.74, 6) is -0.589. The van der Waals surface area contributed by atoms with E-state index in [9.17, 15) is 9.59 Å². The highest BCUT2D eigenvalue weighted by Gasteiger charge is 2.11. The monoisotopic (exact) mass is 297 g/mol. The number of esters is 1. The van der Waals surface area contributed by atoms with Gasteiger partial charge in [-0.1, -0.05) is 19.1 Å². The molecule has 112 valence electrons. The number of hydrogen-bond acceptors (Lipinski definition) is 5. The fourth-order valence-corrected chi connectivity index (χ4v) is 1.83. The minimum atomic E-state index is -0.589. The summed E-state index contributed by atoms with van der Waals surface area (Å²) in [6, 6.07) is 11.4. The third-order valence-corrected chi connectivity index (χ3v) is 2.96. The van der Waals surface area contributed by atoms with E-state index in [1.807, 2.05) is 13.0 Å². The molecule has 0 saturated heterocycles. The molecule has 0 radical (unpaired) electrons. The minimum Gasteiger partial charge on any atom is -0.456 e. The molecular formula is C16H15N3O3. The zero-order chi connectivity index (χ0) is 15.9. The summed E-state index contributed by atoms with van der Waals surface area (Å²) >= 11 is 0. The SMILES string of the molecule is CCCn1nc(C(=O)OCc2ccc(C#N)cc2)ccc1=O. The Kier molecular flexibility index (Phi) is 5.04. The number of aryl methyl sites for hydroxylation is 1. The smallest absolute Gasteiger partial charge is 0.359 e. The van der Waals surface area contributed by atoms with Crippen LogP contribution in [-0.2, 0) is 17.9 Å². The van der Waals surface area contributed by atoms with E-state index < -0.39 is 5.97 Å². The van der Waals surface area contributed by atoms with Crippen molar-refractivity contribution in [2.24, 2.45) is 0 Å². The predicted octanol–water partition coefficient (Wildman–Crippen LogP) is 1.88. The first kappa shape index (κ1) is 15.4. The van der Waals surface area contributed by atoms with E-state index in [0.717, 1.165) is 12.0 Å². The number of nitriles is 1. The van der Waals surface area contributed by atoms with E-state index >= 15 is 0 Å².